The molecule has 0 saturated carbocycles. The highest BCUT2D eigenvalue weighted by Crippen LogP contribution is 2.35. The van der Waals surface area contributed by atoms with E-state index in [-0.39, 0.29) is 0 Å². The van der Waals surface area contributed by atoms with Gasteiger partial charge in [-0.25, -0.2) is 0 Å². The van der Waals surface area contributed by atoms with Gasteiger partial charge >= 0.3 is 6.18 Å². The molecule has 1 aliphatic heterocycles. The molecule has 1 aliphatic rings. The molecular weight excluding hydrogens is 431 g/mol. The molecule has 0 unspecified atom stereocenters. The quantitative estimate of drug-likeness (QED) is 0.537. The molecule has 1 fully saturated rings. The van der Waals surface area contributed by atoms with Crippen molar-refractivity contribution in [3.63, 3.8) is 0 Å². The Morgan fingerprint density at radius 2 is 1.68 bits per heavy atom. The normalized spacial score (nSPS) is 15.9. The molecule has 0 bridgehead atoms. The van der Waals surface area contributed by atoms with Gasteiger partial charge in [-0.3, -0.25) is 9.88 Å². The van der Waals surface area contributed by atoms with Gasteiger partial charge in [0.1, 0.15) is 0 Å². The average Bonchev–Trinajstić information content (AvgIpc) is 2.68. The van der Waals surface area contributed by atoms with Crippen LogP contribution in [-0.2, 0) is 12.7 Å². The van der Waals surface area contributed by atoms with E-state index in [0.29, 0.717) is 15.4 Å². The molecule has 28 heavy (non-hydrogen) atoms. The van der Waals surface area contributed by atoms with Crippen molar-refractivity contribution in [3.8, 4) is 0 Å². The molecule has 1 aromatic heterocycles. The number of aromatic nitrogens is 1. The molecule has 0 aliphatic carbocycles. The molecule has 0 radical (unpaired) electrons. The van der Waals surface area contributed by atoms with Gasteiger partial charge in [-0.1, -0.05) is 46.3 Å². The van der Waals surface area contributed by atoms with Crippen molar-refractivity contribution in [1.29, 1.82) is 0 Å². The first kappa shape index (κ1) is 19.2. The first-order valence-electron chi connectivity index (χ1n) is 9.08. The van der Waals surface area contributed by atoms with Crippen LogP contribution in [0.2, 0.25) is 0 Å². The topological polar surface area (TPSA) is 19.4 Å². The van der Waals surface area contributed by atoms with Gasteiger partial charge in [-0.2, -0.15) is 13.2 Å². The SMILES string of the molecule is FC(F)(F)c1cc(Br)c2cc(N3CCN(Cc4ccccc4)CC3)cnc2c1. The Hall–Kier alpha value is -2.12. The second kappa shape index (κ2) is 7.72. The number of fused-ring (bicyclic) bond motifs is 1. The summed E-state index contributed by atoms with van der Waals surface area (Å²) in [6.45, 7) is 4.51. The Bertz CT molecular complexity index is 968. The molecule has 4 rings (SSSR count). The number of benzene rings is 2. The smallest absolute Gasteiger partial charge is 0.368 e. The molecule has 0 N–H and O–H groups in total. The lowest BCUT2D eigenvalue weighted by atomic mass is 10.1. The number of rotatable bonds is 3. The Morgan fingerprint density at radius 3 is 2.36 bits per heavy atom. The minimum absolute atomic E-state index is 0.341. The van der Waals surface area contributed by atoms with Crippen molar-refractivity contribution in [2.75, 3.05) is 31.1 Å². The maximum Gasteiger partial charge on any atom is 0.416 e. The molecule has 2 aromatic carbocycles. The zero-order chi connectivity index (χ0) is 19.7. The number of hydrogen-bond acceptors (Lipinski definition) is 3. The summed E-state index contributed by atoms with van der Waals surface area (Å²) < 4.78 is 39.4. The van der Waals surface area contributed by atoms with E-state index in [0.717, 1.165) is 50.5 Å². The van der Waals surface area contributed by atoms with Crippen LogP contribution in [0.4, 0.5) is 18.9 Å². The molecule has 0 amide bonds. The van der Waals surface area contributed by atoms with Gasteiger partial charge in [-0.05, 0) is 23.8 Å². The van der Waals surface area contributed by atoms with E-state index in [4.69, 9.17) is 0 Å². The van der Waals surface area contributed by atoms with Crippen molar-refractivity contribution in [3.05, 3.63) is 70.3 Å². The highest BCUT2D eigenvalue weighted by atomic mass is 79.9. The van der Waals surface area contributed by atoms with Gasteiger partial charge in [0.2, 0.25) is 0 Å². The molecular formula is C21H19BrF3N3. The van der Waals surface area contributed by atoms with E-state index in [1.165, 1.54) is 5.56 Å². The third kappa shape index (κ3) is 4.15. The zero-order valence-corrected chi connectivity index (χ0v) is 16.7. The standard InChI is InChI=1S/C21H19BrF3N3/c22-19-10-16(21(23,24)25)11-20-18(19)12-17(13-26-20)28-8-6-27(7-9-28)14-15-4-2-1-3-5-15/h1-5,10-13H,6-9,14H2. The van der Waals surface area contributed by atoms with Crippen LogP contribution < -0.4 is 4.90 Å². The molecule has 2 heterocycles. The second-order valence-corrected chi connectivity index (χ2v) is 7.82. The van der Waals surface area contributed by atoms with Gasteiger partial charge < -0.3 is 4.90 Å². The van der Waals surface area contributed by atoms with Crippen molar-refractivity contribution in [1.82, 2.24) is 9.88 Å². The molecule has 146 valence electrons. The van der Waals surface area contributed by atoms with E-state index >= 15 is 0 Å². The Morgan fingerprint density at radius 1 is 0.964 bits per heavy atom. The van der Waals surface area contributed by atoms with Crippen molar-refractivity contribution in [2.45, 2.75) is 12.7 Å². The average molecular weight is 450 g/mol. The highest BCUT2D eigenvalue weighted by Gasteiger charge is 2.31. The summed E-state index contributed by atoms with van der Waals surface area (Å²) in [4.78, 5) is 8.94. The van der Waals surface area contributed by atoms with Crippen LogP contribution in [0.15, 0.2) is 59.2 Å². The van der Waals surface area contributed by atoms with E-state index in [1.54, 1.807) is 6.20 Å². The van der Waals surface area contributed by atoms with Gasteiger partial charge in [0, 0.05) is 42.6 Å². The fourth-order valence-electron chi connectivity index (χ4n) is 3.52. The van der Waals surface area contributed by atoms with Crippen molar-refractivity contribution in [2.24, 2.45) is 0 Å². The van der Waals surface area contributed by atoms with E-state index in [9.17, 15) is 13.2 Å². The first-order valence-corrected chi connectivity index (χ1v) is 9.87. The summed E-state index contributed by atoms with van der Waals surface area (Å²) in [5.74, 6) is 0. The summed E-state index contributed by atoms with van der Waals surface area (Å²) in [6, 6.07) is 14.5. The fourth-order valence-corrected chi connectivity index (χ4v) is 4.08. The summed E-state index contributed by atoms with van der Waals surface area (Å²) >= 11 is 3.28. The molecule has 0 atom stereocenters. The predicted octanol–water partition coefficient (Wildman–Crippen LogP) is 5.34. The third-order valence-electron chi connectivity index (χ3n) is 5.05. The summed E-state index contributed by atoms with van der Waals surface area (Å²) in [7, 11) is 0. The molecule has 0 spiro atoms. The lowest BCUT2D eigenvalue weighted by molar-refractivity contribution is -0.137. The van der Waals surface area contributed by atoms with Crippen LogP contribution in [0.5, 0.6) is 0 Å². The number of nitrogens with zero attached hydrogens (tertiary/aromatic N) is 3. The summed E-state index contributed by atoms with van der Waals surface area (Å²) in [5, 5.41) is 0.692. The van der Waals surface area contributed by atoms with Crippen molar-refractivity contribution < 1.29 is 13.2 Å². The maximum atomic E-state index is 13.0. The number of pyridine rings is 1. The summed E-state index contributed by atoms with van der Waals surface area (Å²) in [6.07, 6.45) is -2.71. The highest BCUT2D eigenvalue weighted by molar-refractivity contribution is 9.10. The maximum absolute atomic E-state index is 13.0. The predicted molar refractivity (Wildman–Crippen MR) is 108 cm³/mol. The van der Waals surface area contributed by atoms with Gasteiger partial charge in [0.25, 0.3) is 0 Å². The Kier molecular flexibility index (Phi) is 5.29. The lowest BCUT2D eigenvalue weighted by Gasteiger charge is -2.36. The Labute approximate surface area is 169 Å². The van der Waals surface area contributed by atoms with Crippen LogP contribution in [0.25, 0.3) is 10.9 Å². The number of hydrogen-bond donors (Lipinski definition) is 0. The molecule has 1 saturated heterocycles. The molecule has 7 heteroatoms. The number of piperazine rings is 1. The lowest BCUT2D eigenvalue weighted by Crippen LogP contribution is -2.46. The third-order valence-corrected chi connectivity index (χ3v) is 5.71. The summed E-state index contributed by atoms with van der Waals surface area (Å²) in [5.41, 5.74) is 1.88. The first-order chi connectivity index (χ1) is 13.4. The van der Waals surface area contributed by atoms with Gasteiger partial charge in [0.05, 0.1) is 23.0 Å². The number of anilines is 1. The monoisotopic (exact) mass is 449 g/mol. The van der Waals surface area contributed by atoms with Crippen LogP contribution in [0.3, 0.4) is 0 Å². The fraction of sp³-hybridized carbons (Fsp3) is 0.286. The van der Waals surface area contributed by atoms with Crippen molar-refractivity contribution >= 4 is 32.5 Å². The minimum Gasteiger partial charge on any atom is -0.368 e. The largest absolute Gasteiger partial charge is 0.416 e. The van der Waals surface area contributed by atoms with Gasteiger partial charge in [0.15, 0.2) is 0 Å². The second-order valence-electron chi connectivity index (χ2n) is 6.96. The van der Waals surface area contributed by atoms with E-state index < -0.39 is 11.7 Å². The van der Waals surface area contributed by atoms with E-state index in [2.05, 4.69) is 42.8 Å². The van der Waals surface area contributed by atoms with E-state index in [1.807, 2.05) is 24.3 Å². The molecule has 3 aromatic rings. The van der Waals surface area contributed by atoms with Crippen LogP contribution in [0, 0.1) is 0 Å². The van der Waals surface area contributed by atoms with Gasteiger partial charge in [-0.15, -0.1) is 0 Å². The zero-order valence-electron chi connectivity index (χ0n) is 15.1. The Balaban J connectivity index is 1.49. The minimum atomic E-state index is -4.38. The van der Waals surface area contributed by atoms with Crippen LogP contribution >= 0.6 is 15.9 Å². The number of alkyl halides is 3. The number of halogens is 4. The molecule has 3 nitrogen and oxygen atoms in total. The van der Waals surface area contributed by atoms with Crippen LogP contribution in [0.1, 0.15) is 11.1 Å². The van der Waals surface area contributed by atoms with Crippen LogP contribution in [-0.4, -0.2) is 36.1 Å².